The average Bonchev–Trinajstić information content (AvgIpc) is 2.78. The lowest BCUT2D eigenvalue weighted by Gasteiger charge is -2.10. The zero-order valence-electron chi connectivity index (χ0n) is 9.23. The summed E-state index contributed by atoms with van der Waals surface area (Å²) in [5, 5.41) is 8.55. The number of rotatable bonds is 3. The van der Waals surface area contributed by atoms with Crippen LogP contribution in [0.15, 0.2) is 11.1 Å². The summed E-state index contributed by atoms with van der Waals surface area (Å²) in [7, 11) is 0. The van der Waals surface area contributed by atoms with Crippen LogP contribution >= 0.6 is 0 Å². The fourth-order valence-corrected chi connectivity index (χ4v) is 2.22. The van der Waals surface area contributed by atoms with Crippen molar-refractivity contribution in [3.05, 3.63) is 28.2 Å². The van der Waals surface area contributed by atoms with Gasteiger partial charge in [0.25, 0.3) is 5.56 Å². The maximum Gasteiger partial charge on any atom is 0.323 e. The molecule has 0 aromatic carbocycles. The number of carbonyl (C=O) groups is 1. The van der Waals surface area contributed by atoms with E-state index in [0.29, 0.717) is 0 Å². The fourth-order valence-electron chi connectivity index (χ4n) is 2.22. The van der Waals surface area contributed by atoms with Crippen molar-refractivity contribution in [2.24, 2.45) is 0 Å². The van der Waals surface area contributed by atoms with Gasteiger partial charge >= 0.3 is 5.97 Å². The van der Waals surface area contributed by atoms with Crippen molar-refractivity contribution in [1.82, 2.24) is 9.55 Å². The second-order valence-electron chi connectivity index (χ2n) is 4.25. The van der Waals surface area contributed by atoms with Crippen LogP contribution in [0.3, 0.4) is 0 Å². The summed E-state index contributed by atoms with van der Waals surface area (Å²) in [6, 6.07) is 0. The Morgan fingerprint density at radius 1 is 1.53 bits per heavy atom. The maximum absolute atomic E-state index is 13.8. The number of carboxylic acids is 1. The van der Waals surface area contributed by atoms with Crippen molar-refractivity contribution >= 4 is 5.97 Å². The Balaban J connectivity index is 2.35. The molecule has 0 spiro atoms. The van der Waals surface area contributed by atoms with Gasteiger partial charge in [-0.2, -0.15) is 4.39 Å². The van der Waals surface area contributed by atoms with Crippen molar-refractivity contribution in [3.8, 4) is 0 Å². The highest BCUT2D eigenvalue weighted by molar-refractivity contribution is 5.66. The Kier molecular flexibility index (Phi) is 3.21. The van der Waals surface area contributed by atoms with Gasteiger partial charge in [0.2, 0.25) is 5.82 Å². The molecule has 1 fully saturated rings. The molecule has 5 nitrogen and oxygen atoms in total. The molecule has 0 radical (unpaired) electrons. The molecule has 1 aromatic heterocycles. The summed E-state index contributed by atoms with van der Waals surface area (Å²) in [6.45, 7) is -0.562. The lowest BCUT2D eigenvalue weighted by Crippen LogP contribution is -2.28. The first-order valence-corrected chi connectivity index (χ1v) is 5.56. The Morgan fingerprint density at radius 3 is 2.76 bits per heavy atom. The fraction of sp³-hybridized carbons (Fsp3) is 0.545. The third kappa shape index (κ3) is 2.35. The summed E-state index contributed by atoms with van der Waals surface area (Å²) in [5.41, 5.74) is -0.710. The van der Waals surface area contributed by atoms with E-state index in [9.17, 15) is 14.0 Å². The molecule has 2 rings (SSSR count). The molecule has 0 amide bonds. The summed E-state index contributed by atoms with van der Waals surface area (Å²) in [5.74, 6) is -2.09. The molecule has 1 heterocycles. The van der Waals surface area contributed by atoms with E-state index in [0.717, 1.165) is 36.6 Å². The lowest BCUT2D eigenvalue weighted by molar-refractivity contribution is -0.137. The van der Waals surface area contributed by atoms with Gasteiger partial charge in [0.15, 0.2) is 0 Å². The van der Waals surface area contributed by atoms with E-state index in [1.807, 2.05) is 0 Å². The molecule has 1 aliphatic carbocycles. The van der Waals surface area contributed by atoms with Crippen molar-refractivity contribution < 1.29 is 14.3 Å². The normalized spacial score (nSPS) is 16.3. The largest absolute Gasteiger partial charge is 0.480 e. The Bertz CT molecular complexity index is 492. The van der Waals surface area contributed by atoms with E-state index in [-0.39, 0.29) is 11.6 Å². The predicted octanol–water partition coefficient (Wildman–Crippen LogP) is 1.12. The highest BCUT2D eigenvalue weighted by atomic mass is 19.1. The molecular formula is C11H13FN2O3. The summed E-state index contributed by atoms with van der Waals surface area (Å²) < 4.78 is 14.5. The van der Waals surface area contributed by atoms with Crippen molar-refractivity contribution in [2.45, 2.75) is 38.1 Å². The summed E-state index contributed by atoms with van der Waals surface area (Å²) in [4.78, 5) is 25.9. The molecule has 0 aliphatic heterocycles. The summed E-state index contributed by atoms with van der Waals surface area (Å²) >= 11 is 0. The van der Waals surface area contributed by atoms with Crippen molar-refractivity contribution in [1.29, 1.82) is 0 Å². The minimum Gasteiger partial charge on any atom is -0.480 e. The predicted molar refractivity (Wildman–Crippen MR) is 57.3 cm³/mol. The lowest BCUT2D eigenvalue weighted by atomic mass is 10.0. The maximum atomic E-state index is 13.8. The molecule has 1 aliphatic rings. The van der Waals surface area contributed by atoms with Crippen LogP contribution in [-0.4, -0.2) is 20.6 Å². The number of halogens is 1. The smallest absolute Gasteiger partial charge is 0.323 e. The van der Waals surface area contributed by atoms with Crippen LogP contribution in [0, 0.1) is 5.82 Å². The molecule has 1 N–H and O–H groups in total. The second kappa shape index (κ2) is 4.65. The minimum atomic E-state index is -1.19. The van der Waals surface area contributed by atoms with Gasteiger partial charge in [-0.25, -0.2) is 4.98 Å². The molecule has 17 heavy (non-hydrogen) atoms. The Hall–Kier alpha value is -1.72. The van der Waals surface area contributed by atoms with Gasteiger partial charge in [-0.15, -0.1) is 0 Å². The Labute approximate surface area is 96.9 Å². The SMILES string of the molecule is O=C(O)Cn1cnc(C2CCCC2)c(F)c1=O. The van der Waals surface area contributed by atoms with Crippen LogP contribution in [0.4, 0.5) is 4.39 Å². The molecule has 0 unspecified atom stereocenters. The zero-order chi connectivity index (χ0) is 12.4. The molecular weight excluding hydrogens is 227 g/mol. The van der Waals surface area contributed by atoms with E-state index in [1.165, 1.54) is 0 Å². The molecule has 1 saturated carbocycles. The number of hydrogen-bond acceptors (Lipinski definition) is 3. The van der Waals surface area contributed by atoms with E-state index >= 15 is 0 Å². The van der Waals surface area contributed by atoms with Crippen LogP contribution < -0.4 is 5.56 Å². The standard InChI is InChI=1S/C11H13FN2O3/c12-9-10(7-3-1-2-4-7)13-6-14(11(9)17)5-8(15)16/h6-7H,1-5H2,(H,15,16). The Morgan fingerprint density at radius 2 is 2.18 bits per heavy atom. The minimum absolute atomic E-state index is 0.00202. The molecule has 6 heteroatoms. The van der Waals surface area contributed by atoms with Gasteiger partial charge < -0.3 is 5.11 Å². The number of aromatic nitrogens is 2. The van der Waals surface area contributed by atoms with Gasteiger partial charge in [0, 0.05) is 5.92 Å². The first kappa shape index (κ1) is 11.8. The first-order chi connectivity index (χ1) is 8.09. The third-order valence-electron chi connectivity index (χ3n) is 3.06. The van der Waals surface area contributed by atoms with Gasteiger partial charge in [-0.3, -0.25) is 14.2 Å². The van der Waals surface area contributed by atoms with E-state index in [2.05, 4.69) is 4.98 Å². The molecule has 0 atom stereocenters. The quantitative estimate of drug-likeness (QED) is 0.859. The monoisotopic (exact) mass is 240 g/mol. The average molecular weight is 240 g/mol. The van der Waals surface area contributed by atoms with Crippen molar-refractivity contribution in [3.63, 3.8) is 0 Å². The van der Waals surface area contributed by atoms with E-state index in [1.54, 1.807) is 0 Å². The van der Waals surface area contributed by atoms with Crippen LogP contribution in [0.2, 0.25) is 0 Å². The van der Waals surface area contributed by atoms with Gasteiger partial charge in [-0.1, -0.05) is 12.8 Å². The number of carboxylic acid groups (broad SMARTS) is 1. The second-order valence-corrected chi connectivity index (χ2v) is 4.25. The van der Waals surface area contributed by atoms with Gasteiger partial charge in [-0.05, 0) is 12.8 Å². The van der Waals surface area contributed by atoms with Crippen molar-refractivity contribution in [2.75, 3.05) is 0 Å². The molecule has 0 saturated heterocycles. The van der Waals surface area contributed by atoms with Crippen LogP contribution in [0.5, 0.6) is 0 Å². The van der Waals surface area contributed by atoms with Crippen LogP contribution in [0.25, 0.3) is 0 Å². The third-order valence-corrected chi connectivity index (χ3v) is 3.06. The molecule has 92 valence electrons. The zero-order valence-corrected chi connectivity index (χ0v) is 9.23. The highest BCUT2D eigenvalue weighted by Crippen LogP contribution is 2.33. The van der Waals surface area contributed by atoms with Crippen LogP contribution in [-0.2, 0) is 11.3 Å². The molecule has 1 aromatic rings. The van der Waals surface area contributed by atoms with Gasteiger partial charge in [0.1, 0.15) is 6.54 Å². The topological polar surface area (TPSA) is 72.2 Å². The molecule has 0 bridgehead atoms. The number of aliphatic carboxylic acids is 1. The number of nitrogens with zero attached hydrogens (tertiary/aromatic N) is 2. The number of hydrogen-bond donors (Lipinski definition) is 1. The van der Waals surface area contributed by atoms with Crippen LogP contribution in [0.1, 0.15) is 37.3 Å². The van der Waals surface area contributed by atoms with E-state index in [4.69, 9.17) is 5.11 Å². The van der Waals surface area contributed by atoms with E-state index < -0.39 is 23.9 Å². The van der Waals surface area contributed by atoms with Gasteiger partial charge in [0.05, 0.1) is 12.0 Å². The first-order valence-electron chi connectivity index (χ1n) is 5.56. The highest BCUT2D eigenvalue weighted by Gasteiger charge is 2.24. The summed E-state index contributed by atoms with van der Waals surface area (Å²) in [6.07, 6.45) is 4.83.